The zero-order valence-corrected chi connectivity index (χ0v) is 17.6. The van der Waals surface area contributed by atoms with Crippen LogP contribution in [0.3, 0.4) is 0 Å². The number of aromatic nitrogens is 1. The first kappa shape index (κ1) is 19.7. The van der Waals surface area contributed by atoms with Crippen LogP contribution < -0.4 is 0 Å². The molecule has 1 saturated heterocycles. The van der Waals surface area contributed by atoms with Crippen LogP contribution in [0.15, 0.2) is 47.5 Å². The first-order chi connectivity index (χ1) is 14.4. The van der Waals surface area contributed by atoms with Crippen LogP contribution in [-0.4, -0.2) is 62.0 Å². The van der Waals surface area contributed by atoms with E-state index in [1.807, 2.05) is 25.3 Å². The number of benzene rings is 2. The minimum Gasteiger partial charge on any atom is -0.379 e. The number of H-pyrrole nitrogens is 1. The van der Waals surface area contributed by atoms with Crippen molar-refractivity contribution in [3.05, 3.63) is 54.0 Å². The quantitative estimate of drug-likeness (QED) is 0.691. The third-order valence-corrected chi connectivity index (χ3v) is 8.22. The van der Waals surface area contributed by atoms with E-state index >= 15 is 0 Å². The highest BCUT2D eigenvalue weighted by molar-refractivity contribution is 7.89. The van der Waals surface area contributed by atoms with Crippen molar-refractivity contribution in [2.75, 3.05) is 39.4 Å². The van der Waals surface area contributed by atoms with Gasteiger partial charge in [0.05, 0.1) is 18.1 Å². The molecule has 0 bridgehead atoms. The van der Waals surface area contributed by atoms with Crippen LogP contribution in [0.5, 0.6) is 0 Å². The molecule has 2 aliphatic rings. The summed E-state index contributed by atoms with van der Waals surface area (Å²) >= 11 is 0. The molecule has 158 valence electrons. The standard InChI is InChI=1S/C22H24FN3O3S/c1-15-19-12-16(20-14-24-21-13-17(23)3-4-18(20)21)2-5-22(19)30(27,28)26(15)7-6-25-8-10-29-11-9-25/h2-5,12-15,24H,6-11H2,1H3. The SMILES string of the molecule is CC1c2cc(-c3c[nH]c4cc(F)ccc34)ccc2S(=O)(=O)N1CCN1CCOCC1. The Labute approximate surface area is 175 Å². The summed E-state index contributed by atoms with van der Waals surface area (Å²) in [5, 5.41) is 0.911. The summed E-state index contributed by atoms with van der Waals surface area (Å²) in [7, 11) is -3.51. The van der Waals surface area contributed by atoms with Crippen LogP contribution in [0.4, 0.5) is 4.39 Å². The van der Waals surface area contributed by atoms with Gasteiger partial charge in [0.2, 0.25) is 10.0 Å². The normalized spacial score (nSPS) is 21.9. The monoisotopic (exact) mass is 429 g/mol. The molecule has 0 spiro atoms. The average molecular weight is 430 g/mol. The Kier molecular flexibility index (Phi) is 4.89. The van der Waals surface area contributed by atoms with Crippen molar-refractivity contribution in [2.45, 2.75) is 17.9 Å². The van der Waals surface area contributed by atoms with Gasteiger partial charge in [0.15, 0.2) is 0 Å². The van der Waals surface area contributed by atoms with E-state index < -0.39 is 10.0 Å². The van der Waals surface area contributed by atoms with Gasteiger partial charge < -0.3 is 9.72 Å². The average Bonchev–Trinajstić information content (AvgIpc) is 3.24. The van der Waals surface area contributed by atoms with Crippen LogP contribution in [0, 0.1) is 5.82 Å². The second kappa shape index (κ2) is 7.46. The molecule has 0 amide bonds. The van der Waals surface area contributed by atoms with Gasteiger partial charge in [-0.15, -0.1) is 0 Å². The Morgan fingerprint density at radius 2 is 1.93 bits per heavy atom. The fourth-order valence-corrected chi connectivity index (χ4v) is 6.35. The molecule has 2 aliphatic heterocycles. The number of hydrogen-bond acceptors (Lipinski definition) is 4. The van der Waals surface area contributed by atoms with Crippen LogP contribution in [0.25, 0.3) is 22.0 Å². The van der Waals surface area contributed by atoms with Crippen LogP contribution >= 0.6 is 0 Å². The molecule has 3 heterocycles. The lowest BCUT2D eigenvalue weighted by molar-refractivity contribution is 0.0356. The lowest BCUT2D eigenvalue weighted by atomic mass is 9.99. The number of rotatable bonds is 4. The Morgan fingerprint density at radius 3 is 2.73 bits per heavy atom. The van der Waals surface area contributed by atoms with Gasteiger partial charge in [-0.25, -0.2) is 12.8 Å². The first-order valence-electron chi connectivity index (χ1n) is 10.2. The zero-order valence-electron chi connectivity index (χ0n) is 16.8. The van der Waals surface area contributed by atoms with Gasteiger partial charge in [0.25, 0.3) is 0 Å². The van der Waals surface area contributed by atoms with E-state index in [9.17, 15) is 12.8 Å². The third kappa shape index (κ3) is 3.24. The highest BCUT2D eigenvalue weighted by Gasteiger charge is 2.40. The molecular weight excluding hydrogens is 405 g/mol. The number of morpholine rings is 1. The number of ether oxygens (including phenoxy) is 1. The van der Waals surface area contributed by atoms with E-state index in [0.29, 0.717) is 31.2 Å². The van der Waals surface area contributed by atoms with Crippen molar-refractivity contribution in [2.24, 2.45) is 0 Å². The molecule has 6 nitrogen and oxygen atoms in total. The number of nitrogens with one attached hydrogen (secondary N) is 1. The van der Waals surface area contributed by atoms with Gasteiger partial charge in [-0.05, 0) is 48.4 Å². The fraction of sp³-hybridized carbons (Fsp3) is 0.364. The van der Waals surface area contributed by atoms with Crippen LogP contribution in [0.2, 0.25) is 0 Å². The van der Waals surface area contributed by atoms with Gasteiger partial charge in [-0.1, -0.05) is 6.07 Å². The molecule has 8 heteroatoms. The van der Waals surface area contributed by atoms with Crippen molar-refractivity contribution in [1.82, 2.24) is 14.2 Å². The summed E-state index contributed by atoms with van der Waals surface area (Å²) in [6, 6.07) is 9.92. The third-order valence-electron chi connectivity index (χ3n) is 6.17. The molecule has 30 heavy (non-hydrogen) atoms. The number of aromatic amines is 1. The lowest BCUT2D eigenvalue weighted by Crippen LogP contribution is -2.42. The van der Waals surface area contributed by atoms with Crippen molar-refractivity contribution in [3.8, 4) is 11.1 Å². The molecule has 3 aromatic rings. The maximum Gasteiger partial charge on any atom is 0.244 e. The highest BCUT2D eigenvalue weighted by atomic mass is 32.2. The topological polar surface area (TPSA) is 65.6 Å². The van der Waals surface area contributed by atoms with Gasteiger partial charge in [0.1, 0.15) is 5.82 Å². The van der Waals surface area contributed by atoms with E-state index in [-0.39, 0.29) is 11.9 Å². The predicted molar refractivity (Wildman–Crippen MR) is 113 cm³/mol. The van der Waals surface area contributed by atoms with Crippen molar-refractivity contribution < 1.29 is 17.5 Å². The molecule has 0 radical (unpaired) electrons. The Hall–Kier alpha value is -2.26. The maximum atomic E-state index is 13.5. The lowest BCUT2D eigenvalue weighted by Gasteiger charge is -2.29. The van der Waals surface area contributed by atoms with Crippen molar-refractivity contribution in [3.63, 3.8) is 0 Å². The minimum absolute atomic E-state index is 0.228. The zero-order chi connectivity index (χ0) is 20.9. The number of halogens is 1. The number of fused-ring (bicyclic) bond motifs is 2. The van der Waals surface area contributed by atoms with E-state index in [1.165, 1.54) is 12.1 Å². The van der Waals surface area contributed by atoms with E-state index in [0.717, 1.165) is 40.7 Å². The van der Waals surface area contributed by atoms with E-state index in [1.54, 1.807) is 16.4 Å². The molecule has 1 unspecified atom stereocenters. The van der Waals surface area contributed by atoms with Crippen molar-refractivity contribution in [1.29, 1.82) is 0 Å². The molecular formula is C22H24FN3O3S. The molecule has 1 atom stereocenters. The maximum absolute atomic E-state index is 13.5. The summed E-state index contributed by atoms with van der Waals surface area (Å²) < 4.78 is 46.8. The van der Waals surface area contributed by atoms with Gasteiger partial charge in [-0.3, -0.25) is 4.90 Å². The number of sulfonamides is 1. The summed E-state index contributed by atoms with van der Waals surface area (Å²) in [5.41, 5.74) is 3.39. The summed E-state index contributed by atoms with van der Waals surface area (Å²) in [6.07, 6.45) is 1.84. The van der Waals surface area contributed by atoms with Gasteiger partial charge >= 0.3 is 0 Å². The molecule has 1 N–H and O–H groups in total. The van der Waals surface area contributed by atoms with Gasteiger partial charge in [-0.2, -0.15) is 4.31 Å². The number of nitrogens with zero attached hydrogens (tertiary/aromatic N) is 2. The Bertz CT molecular complexity index is 1200. The highest BCUT2D eigenvalue weighted by Crippen LogP contribution is 2.41. The Balaban J connectivity index is 1.45. The van der Waals surface area contributed by atoms with Crippen LogP contribution in [0.1, 0.15) is 18.5 Å². The summed E-state index contributed by atoms with van der Waals surface area (Å²) in [5.74, 6) is -0.291. The molecule has 5 rings (SSSR count). The van der Waals surface area contributed by atoms with Crippen molar-refractivity contribution >= 4 is 20.9 Å². The summed E-state index contributed by atoms with van der Waals surface area (Å²) in [6.45, 7) is 6.15. The molecule has 2 aromatic carbocycles. The molecule has 0 aliphatic carbocycles. The molecule has 1 fully saturated rings. The largest absolute Gasteiger partial charge is 0.379 e. The van der Waals surface area contributed by atoms with Crippen LogP contribution in [-0.2, 0) is 14.8 Å². The smallest absolute Gasteiger partial charge is 0.244 e. The Morgan fingerprint density at radius 1 is 1.13 bits per heavy atom. The minimum atomic E-state index is -3.51. The fourth-order valence-electron chi connectivity index (χ4n) is 4.48. The van der Waals surface area contributed by atoms with Gasteiger partial charge in [0, 0.05) is 54.9 Å². The second-order valence-corrected chi connectivity index (χ2v) is 9.75. The predicted octanol–water partition coefficient (Wildman–Crippen LogP) is 3.37. The van der Waals surface area contributed by atoms with E-state index in [2.05, 4.69) is 9.88 Å². The molecule has 0 saturated carbocycles. The second-order valence-electron chi connectivity index (χ2n) is 7.89. The molecule has 1 aromatic heterocycles. The van der Waals surface area contributed by atoms with E-state index in [4.69, 9.17) is 4.74 Å². The summed E-state index contributed by atoms with van der Waals surface area (Å²) in [4.78, 5) is 5.73. The number of hydrogen-bond donors (Lipinski definition) is 1. The first-order valence-corrected chi connectivity index (χ1v) is 11.6.